The fourth-order valence-corrected chi connectivity index (χ4v) is 3.42. The van der Waals surface area contributed by atoms with Crippen molar-refractivity contribution in [1.82, 2.24) is 5.32 Å². The van der Waals surface area contributed by atoms with Crippen LogP contribution in [0.2, 0.25) is 0 Å². The minimum Gasteiger partial charge on any atom is -0.468 e. The fraction of sp³-hybridized carbons (Fsp3) is 0.933. The zero-order chi connectivity index (χ0) is 13.7. The van der Waals surface area contributed by atoms with Crippen LogP contribution >= 0.6 is 0 Å². The van der Waals surface area contributed by atoms with Crippen molar-refractivity contribution in [2.75, 3.05) is 20.3 Å². The number of methoxy groups -OCH3 is 1. The lowest BCUT2D eigenvalue weighted by Gasteiger charge is -2.32. The SMILES string of the molecule is COC(=O)C(NCC1CCCO1)C1CCCC(C)C1. The van der Waals surface area contributed by atoms with Crippen molar-refractivity contribution < 1.29 is 14.3 Å². The predicted octanol–water partition coefficient (Wildman–Crippen LogP) is 2.12. The molecule has 0 spiro atoms. The van der Waals surface area contributed by atoms with Gasteiger partial charge in [0, 0.05) is 13.2 Å². The third kappa shape index (κ3) is 4.18. The molecule has 0 bridgehead atoms. The molecular weight excluding hydrogens is 242 g/mol. The fourth-order valence-electron chi connectivity index (χ4n) is 3.42. The second kappa shape index (κ2) is 7.25. The molecule has 1 heterocycles. The highest BCUT2D eigenvalue weighted by Crippen LogP contribution is 2.31. The number of carbonyl (C=O) groups excluding carboxylic acids is 1. The van der Waals surface area contributed by atoms with Gasteiger partial charge in [-0.2, -0.15) is 0 Å². The van der Waals surface area contributed by atoms with Gasteiger partial charge < -0.3 is 14.8 Å². The topological polar surface area (TPSA) is 47.6 Å². The van der Waals surface area contributed by atoms with Crippen molar-refractivity contribution in [3.63, 3.8) is 0 Å². The van der Waals surface area contributed by atoms with Crippen LogP contribution in [-0.2, 0) is 14.3 Å². The molecule has 0 aromatic heterocycles. The van der Waals surface area contributed by atoms with Crippen molar-refractivity contribution in [1.29, 1.82) is 0 Å². The normalized spacial score (nSPS) is 33.1. The molecule has 0 radical (unpaired) electrons. The molecule has 19 heavy (non-hydrogen) atoms. The van der Waals surface area contributed by atoms with E-state index in [1.807, 2.05) is 0 Å². The second-order valence-electron chi connectivity index (χ2n) is 6.08. The molecule has 2 aliphatic rings. The van der Waals surface area contributed by atoms with Gasteiger partial charge in [0.25, 0.3) is 0 Å². The average molecular weight is 269 g/mol. The highest BCUT2D eigenvalue weighted by molar-refractivity contribution is 5.76. The first-order valence-electron chi connectivity index (χ1n) is 7.63. The molecule has 1 N–H and O–H groups in total. The molecule has 0 amide bonds. The number of nitrogens with one attached hydrogen (secondary N) is 1. The zero-order valence-corrected chi connectivity index (χ0v) is 12.2. The number of hydrogen-bond acceptors (Lipinski definition) is 4. The summed E-state index contributed by atoms with van der Waals surface area (Å²) in [5, 5.41) is 3.40. The van der Waals surface area contributed by atoms with E-state index in [2.05, 4.69) is 12.2 Å². The average Bonchev–Trinajstić information content (AvgIpc) is 2.92. The molecule has 1 aliphatic heterocycles. The van der Waals surface area contributed by atoms with Crippen molar-refractivity contribution in [2.45, 2.75) is 57.6 Å². The van der Waals surface area contributed by atoms with E-state index in [1.54, 1.807) is 0 Å². The first kappa shape index (κ1) is 14.8. The molecular formula is C15H27NO3. The minimum absolute atomic E-state index is 0.114. The van der Waals surface area contributed by atoms with Crippen LogP contribution in [0.15, 0.2) is 0 Å². The standard InChI is InChI=1S/C15H27NO3/c1-11-5-3-6-12(9-11)14(15(17)18-2)16-10-13-7-4-8-19-13/h11-14,16H,3-10H2,1-2H3. The van der Waals surface area contributed by atoms with Gasteiger partial charge in [0.1, 0.15) is 6.04 Å². The summed E-state index contributed by atoms with van der Waals surface area (Å²) in [6.07, 6.45) is 7.27. The van der Waals surface area contributed by atoms with Crippen LogP contribution in [0.25, 0.3) is 0 Å². The van der Waals surface area contributed by atoms with Gasteiger partial charge in [-0.25, -0.2) is 0 Å². The minimum atomic E-state index is -0.156. The third-order valence-corrected chi connectivity index (χ3v) is 4.49. The third-order valence-electron chi connectivity index (χ3n) is 4.49. The predicted molar refractivity (Wildman–Crippen MR) is 73.9 cm³/mol. The first-order chi connectivity index (χ1) is 9.20. The molecule has 0 aromatic carbocycles. The lowest BCUT2D eigenvalue weighted by Crippen LogP contribution is -2.47. The maximum atomic E-state index is 12.0. The van der Waals surface area contributed by atoms with Gasteiger partial charge in [-0.05, 0) is 37.5 Å². The van der Waals surface area contributed by atoms with Crippen LogP contribution in [0.4, 0.5) is 0 Å². The van der Waals surface area contributed by atoms with Crippen LogP contribution < -0.4 is 5.32 Å². The Bertz CT molecular complexity index is 289. The summed E-state index contributed by atoms with van der Waals surface area (Å²) >= 11 is 0. The number of carbonyl (C=O) groups is 1. The zero-order valence-electron chi connectivity index (χ0n) is 12.2. The van der Waals surface area contributed by atoms with E-state index in [0.29, 0.717) is 5.92 Å². The lowest BCUT2D eigenvalue weighted by molar-refractivity contribution is -0.145. The molecule has 4 heteroatoms. The Hall–Kier alpha value is -0.610. The van der Waals surface area contributed by atoms with E-state index in [1.165, 1.54) is 20.0 Å². The Morgan fingerprint density at radius 3 is 2.84 bits per heavy atom. The van der Waals surface area contributed by atoms with Crippen LogP contribution in [0.3, 0.4) is 0 Å². The molecule has 4 atom stereocenters. The number of hydrogen-bond donors (Lipinski definition) is 1. The molecule has 2 rings (SSSR count). The van der Waals surface area contributed by atoms with Crippen molar-refractivity contribution >= 4 is 5.97 Å². The van der Waals surface area contributed by atoms with E-state index < -0.39 is 0 Å². The Labute approximate surface area is 116 Å². The monoisotopic (exact) mass is 269 g/mol. The van der Waals surface area contributed by atoms with Gasteiger partial charge in [-0.3, -0.25) is 4.79 Å². The maximum Gasteiger partial charge on any atom is 0.323 e. The van der Waals surface area contributed by atoms with Gasteiger partial charge in [-0.15, -0.1) is 0 Å². The Balaban J connectivity index is 1.88. The smallest absolute Gasteiger partial charge is 0.323 e. The molecule has 110 valence electrons. The van der Waals surface area contributed by atoms with Crippen LogP contribution in [0, 0.1) is 11.8 Å². The first-order valence-corrected chi connectivity index (χ1v) is 7.63. The summed E-state index contributed by atoms with van der Waals surface area (Å²) < 4.78 is 10.6. The Morgan fingerprint density at radius 2 is 2.21 bits per heavy atom. The molecule has 2 fully saturated rings. The lowest BCUT2D eigenvalue weighted by atomic mass is 9.78. The summed E-state index contributed by atoms with van der Waals surface area (Å²) in [7, 11) is 1.48. The largest absolute Gasteiger partial charge is 0.468 e. The van der Waals surface area contributed by atoms with Gasteiger partial charge in [0.2, 0.25) is 0 Å². The molecule has 1 aliphatic carbocycles. The van der Waals surface area contributed by atoms with E-state index in [4.69, 9.17) is 9.47 Å². The van der Waals surface area contributed by atoms with Crippen molar-refractivity contribution in [3.05, 3.63) is 0 Å². The highest BCUT2D eigenvalue weighted by Gasteiger charge is 2.32. The van der Waals surface area contributed by atoms with E-state index in [9.17, 15) is 4.79 Å². The summed E-state index contributed by atoms with van der Waals surface area (Å²) in [6.45, 7) is 3.90. The van der Waals surface area contributed by atoms with Crippen LogP contribution in [-0.4, -0.2) is 38.4 Å². The van der Waals surface area contributed by atoms with Crippen LogP contribution in [0.5, 0.6) is 0 Å². The van der Waals surface area contributed by atoms with Crippen molar-refractivity contribution in [2.24, 2.45) is 11.8 Å². The van der Waals surface area contributed by atoms with Gasteiger partial charge >= 0.3 is 5.97 Å². The Morgan fingerprint density at radius 1 is 1.37 bits per heavy atom. The van der Waals surface area contributed by atoms with Crippen molar-refractivity contribution in [3.8, 4) is 0 Å². The molecule has 0 aromatic rings. The van der Waals surface area contributed by atoms with E-state index in [-0.39, 0.29) is 18.1 Å². The molecule has 1 saturated heterocycles. The van der Waals surface area contributed by atoms with E-state index >= 15 is 0 Å². The second-order valence-corrected chi connectivity index (χ2v) is 6.08. The molecule has 4 unspecified atom stereocenters. The number of esters is 1. The summed E-state index contributed by atoms with van der Waals surface area (Å²) in [5.41, 5.74) is 0. The van der Waals surface area contributed by atoms with E-state index in [0.717, 1.165) is 44.8 Å². The Kier molecular flexibility index (Phi) is 5.64. The molecule has 4 nitrogen and oxygen atoms in total. The summed E-state index contributed by atoms with van der Waals surface area (Å²) in [5.74, 6) is 1.02. The molecule has 1 saturated carbocycles. The number of ether oxygens (including phenoxy) is 2. The highest BCUT2D eigenvalue weighted by atomic mass is 16.5. The van der Waals surface area contributed by atoms with Gasteiger partial charge in [0.15, 0.2) is 0 Å². The maximum absolute atomic E-state index is 12.0. The van der Waals surface area contributed by atoms with Gasteiger partial charge in [-0.1, -0.05) is 19.8 Å². The number of rotatable bonds is 5. The summed E-state index contributed by atoms with van der Waals surface area (Å²) in [6, 6.07) is -0.156. The quantitative estimate of drug-likeness (QED) is 0.777. The summed E-state index contributed by atoms with van der Waals surface area (Å²) in [4.78, 5) is 12.0. The van der Waals surface area contributed by atoms with Gasteiger partial charge in [0.05, 0.1) is 13.2 Å². The van der Waals surface area contributed by atoms with Crippen LogP contribution in [0.1, 0.15) is 45.4 Å².